The number of halogens is 3. The molecule has 0 bridgehead atoms. The largest absolute Gasteiger partial charge is 0.458 e. The highest BCUT2D eigenvalue weighted by molar-refractivity contribution is 7.16. The lowest BCUT2D eigenvalue weighted by molar-refractivity contribution is 0.0578. The molecule has 148 valence electrons. The van der Waals surface area contributed by atoms with Gasteiger partial charge in [0.15, 0.2) is 0 Å². The van der Waals surface area contributed by atoms with E-state index in [9.17, 15) is 9.59 Å². The number of alkyl halides is 2. The predicted octanol–water partition coefficient (Wildman–Crippen LogP) is 5.03. The van der Waals surface area contributed by atoms with Crippen LogP contribution in [-0.2, 0) is 16.5 Å². The average Bonchev–Trinajstić information content (AvgIpc) is 2.69. The minimum absolute atomic E-state index is 0.167. The summed E-state index contributed by atoms with van der Waals surface area (Å²) in [6.45, 7) is 0. The summed E-state index contributed by atoms with van der Waals surface area (Å²) in [5.74, 6) is 0.603. The Kier molecular flexibility index (Phi) is 15.8. The molecular formula is C18H21Cl3O4P2. The fraction of sp³-hybridized carbons (Fsp3) is 0.222. The maximum Gasteiger partial charge on any atom is 0.338 e. The van der Waals surface area contributed by atoms with E-state index < -0.39 is 5.24 Å². The van der Waals surface area contributed by atoms with Gasteiger partial charge in [0.2, 0.25) is 0 Å². The van der Waals surface area contributed by atoms with E-state index in [0.717, 1.165) is 11.1 Å². The van der Waals surface area contributed by atoms with E-state index in [4.69, 9.17) is 44.6 Å². The highest BCUT2D eigenvalue weighted by Crippen LogP contribution is 2.09. The average molecular weight is 470 g/mol. The van der Waals surface area contributed by atoms with Gasteiger partial charge in [0.25, 0.3) is 5.24 Å². The first-order chi connectivity index (χ1) is 12.9. The van der Waals surface area contributed by atoms with E-state index in [2.05, 4.69) is 18.5 Å². The Bertz CT molecular complexity index is 680. The van der Waals surface area contributed by atoms with Crippen molar-refractivity contribution in [1.82, 2.24) is 0 Å². The SMILES string of the molecule is O=C(Cl)c1ccc(CCl)cc1.O=C(OCP)c1ccc(CCl)cc1.OCP. The molecule has 0 heterocycles. The lowest BCUT2D eigenvalue weighted by atomic mass is 10.1. The van der Waals surface area contributed by atoms with Crippen LogP contribution in [0.15, 0.2) is 48.5 Å². The van der Waals surface area contributed by atoms with E-state index in [-0.39, 0.29) is 12.3 Å². The van der Waals surface area contributed by atoms with Gasteiger partial charge in [-0.3, -0.25) is 4.79 Å². The second-order valence-corrected chi connectivity index (χ2v) is 6.29. The summed E-state index contributed by atoms with van der Waals surface area (Å²) in [7, 11) is 4.46. The van der Waals surface area contributed by atoms with Crippen molar-refractivity contribution in [1.29, 1.82) is 0 Å². The molecule has 2 aromatic carbocycles. The lowest BCUT2D eigenvalue weighted by Crippen LogP contribution is -2.02. The van der Waals surface area contributed by atoms with Gasteiger partial charge in [-0.2, -0.15) is 0 Å². The number of carbonyl (C=O) groups excluding carboxylic acids is 2. The van der Waals surface area contributed by atoms with Gasteiger partial charge in [-0.25, -0.2) is 4.79 Å². The normalized spacial score (nSPS) is 9.26. The molecule has 27 heavy (non-hydrogen) atoms. The number of esters is 1. The van der Waals surface area contributed by atoms with Crippen LogP contribution in [0.1, 0.15) is 31.8 Å². The van der Waals surface area contributed by atoms with Gasteiger partial charge in [-0.15, -0.1) is 32.4 Å². The summed E-state index contributed by atoms with van der Waals surface area (Å²) in [6.07, 6.45) is 0.482. The molecule has 2 aromatic rings. The van der Waals surface area contributed by atoms with Gasteiger partial charge in [0.1, 0.15) is 6.35 Å². The van der Waals surface area contributed by atoms with Crippen molar-refractivity contribution in [2.24, 2.45) is 0 Å². The van der Waals surface area contributed by atoms with Crippen molar-refractivity contribution in [3.8, 4) is 0 Å². The Balaban J connectivity index is 0.000000442. The van der Waals surface area contributed by atoms with E-state index >= 15 is 0 Å². The van der Waals surface area contributed by atoms with Crippen molar-refractivity contribution in [2.75, 3.05) is 12.7 Å². The van der Waals surface area contributed by atoms with E-state index in [1.165, 1.54) is 0 Å². The Morgan fingerprint density at radius 3 is 1.52 bits per heavy atom. The van der Waals surface area contributed by atoms with E-state index in [1.807, 2.05) is 12.1 Å². The number of aliphatic hydroxyl groups excluding tert-OH is 1. The fourth-order valence-electron chi connectivity index (χ4n) is 1.61. The molecule has 2 rings (SSSR count). The van der Waals surface area contributed by atoms with Gasteiger partial charge in [0.05, 0.1) is 11.9 Å². The third-order valence-electron chi connectivity index (χ3n) is 2.89. The molecule has 0 fully saturated rings. The van der Waals surface area contributed by atoms with Crippen LogP contribution < -0.4 is 0 Å². The molecule has 0 spiro atoms. The topological polar surface area (TPSA) is 63.6 Å². The predicted molar refractivity (Wildman–Crippen MR) is 119 cm³/mol. The summed E-state index contributed by atoms with van der Waals surface area (Å²) in [5.41, 5.74) is 3.02. The van der Waals surface area contributed by atoms with Crippen LogP contribution in [0.25, 0.3) is 0 Å². The molecule has 0 radical (unpaired) electrons. The molecule has 1 N–H and O–H groups in total. The number of benzene rings is 2. The summed E-state index contributed by atoms with van der Waals surface area (Å²) >= 11 is 16.4. The van der Waals surface area contributed by atoms with Crippen LogP contribution >= 0.6 is 53.3 Å². The first-order valence-corrected chi connectivity index (χ1v) is 10.7. The van der Waals surface area contributed by atoms with E-state index in [1.54, 1.807) is 36.4 Å². The first-order valence-electron chi connectivity index (χ1n) is 7.61. The Hall–Kier alpha value is -0.730. The van der Waals surface area contributed by atoms with Crippen molar-refractivity contribution >= 4 is 64.5 Å². The van der Waals surface area contributed by atoms with Crippen LogP contribution in [0, 0.1) is 0 Å². The minimum Gasteiger partial charge on any atom is -0.458 e. The number of ether oxygens (including phenoxy) is 1. The van der Waals surface area contributed by atoms with Gasteiger partial charge in [-0.1, -0.05) is 33.5 Å². The summed E-state index contributed by atoms with van der Waals surface area (Å²) in [6, 6.07) is 13.9. The maximum atomic E-state index is 11.2. The van der Waals surface area contributed by atoms with Gasteiger partial charge >= 0.3 is 5.97 Å². The quantitative estimate of drug-likeness (QED) is 0.289. The molecule has 2 atom stereocenters. The van der Waals surface area contributed by atoms with Crippen LogP contribution in [0.2, 0.25) is 0 Å². The highest BCUT2D eigenvalue weighted by atomic mass is 35.5. The van der Waals surface area contributed by atoms with Crippen LogP contribution in [0.5, 0.6) is 0 Å². The third-order valence-corrected chi connectivity index (χ3v) is 3.90. The van der Waals surface area contributed by atoms with Crippen LogP contribution in [0.3, 0.4) is 0 Å². The second-order valence-electron chi connectivity index (χ2n) is 4.72. The number of hydrogen-bond acceptors (Lipinski definition) is 4. The van der Waals surface area contributed by atoms with Crippen LogP contribution in [-0.4, -0.2) is 29.0 Å². The molecule has 2 unspecified atom stereocenters. The van der Waals surface area contributed by atoms with E-state index in [0.29, 0.717) is 29.2 Å². The zero-order chi connectivity index (χ0) is 20.7. The van der Waals surface area contributed by atoms with Crippen LogP contribution in [0.4, 0.5) is 0 Å². The maximum absolute atomic E-state index is 11.2. The highest BCUT2D eigenvalue weighted by Gasteiger charge is 2.04. The second kappa shape index (κ2) is 16.2. The zero-order valence-electron chi connectivity index (χ0n) is 14.4. The fourth-order valence-corrected chi connectivity index (χ4v) is 2.25. The van der Waals surface area contributed by atoms with Crippen molar-refractivity contribution in [3.05, 3.63) is 70.8 Å². The zero-order valence-corrected chi connectivity index (χ0v) is 19.0. The molecule has 0 aliphatic heterocycles. The molecular weight excluding hydrogens is 449 g/mol. The molecule has 0 amide bonds. The van der Waals surface area contributed by atoms with Gasteiger partial charge in [-0.05, 0) is 47.0 Å². The summed E-state index contributed by atoms with van der Waals surface area (Å²) < 4.78 is 4.79. The molecule has 0 aromatic heterocycles. The Labute approximate surface area is 178 Å². The third kappa shape index (κ3) is 11.7. The molecule has 4 nitrogen and oxygen atoms in total. The minimum atomic E-state index is -0.439. The molecule has 0 saturated heterocycles. The number of aliphatic hydroxyl groups is 1. The standard InChI is InChI=1S/C9H10ClO2P.C8H6Cl2O.CH5OP/c10-5-7-1-3-8(4-2-7)9(11)12-6-13;9-5-6-1-3-7(4-2-6)8(10)11;2-1-3/h1-4H,5-6,13H2;1-4H,5H2;2H,1,3H2. The van der Waals surface area contributed by atoms with Crippen molar-refractivity contribution in [3.63, 3.8) is 0 Å². The van der Waals surface area contributed by atoms with Gasteiger partial charge in [0, 0.05) is 17.3 Å². The summed E-state index contributed by atoms with van der Waals surface area (Å²) in [5, 5.41) is 7.09. The molecule has 0 saturated carbocycles. The number of carbonyl (C=O) groups is 2. The van der Waals surface area contributed by atoms with Crippen molar-refractivity contribution < 1.29 is 19.4 Å². The van der Waals surface area contributed by atoms with Crippen molar-refractivity contribution in [2.45, 2.75) is 11.8 Å². The Morgan fingerprint density at radius 1 is 0.852 bits per heavy atom. The molecule has 9 heteroatoms. The number of hydrogen-bond donors (Lipinski definition) is 1. The van der Waals surface area contributed by atoms with Gasteiger partial charge < -0.3 is 9.84 Å². The first kappa shape index (κ1) is 26.3. The Morgan fingerprint density at radius 2 is 1.22 bits per heavy atom. The monoisotopic (exact) mass is 468 g/mol. The summed E-state index contributed by atoms with van der Waals surface area (Å²) in [4.78, 5) is 21.8. The smallest absolute Gasteiger partial charge is 0.338 e. The number of rotatable bonds is 5. The molecule has 0 aliphatic rings. The lowest BCUT2D eigenvalue weighted by Gasteiger charge is -2.01. The molecule has 0 aliphatic carbocycles.